The maximum atomic E-state index is 5.20. The van der Waals surface area contributed by atoms with Crippen molar-refractivity contribution in [2.45, 2.75) is 0 Å². The predicted octanol–water partition coefficient (Wildman–Crippen LogP) is -1.38. The zero-order valence-electron chi connectivity index (χ0n) is 4.85. The quantitative estimate of drug-likeness (QED) is 0.514. The Morgan fingerprint density at radius 2 is 1.75 bits per heavy atom. The first-order valence-electron chi connectivity index (χ1n) is 2.86. The minimum absolute atomic E-state index is 0.857. The van der Waals surface area contributed by atoms with Gasteiger partial charge in [-0.2, -0.15) is 0 Å². The molecule has 0 aromatic heterocycles. The third-order valence-corrected chi connectivity index (χ3v) is 3.61. The molecule has 48 valence electrons. The molecule has 0 amide bonds. The minimum atomic E-state index is -1.13. The molecule has 0 aromatic rings. The summed E-state index contributed by atoms with van der Waals surface area (Å²) in [4.78, 5) is 0. The van der Waals surface area contributed by atoms with Crippen LogP contribution in [0.15, 0.2) is 0 Å². The van der Waals surface area contributed by atoms with Gasteiger partial charge in [-0.15, -0.1) is 0 Å². The van der Waals surface area contributed by atoms with Crippen molar-refractivity contribution in [3.05, 3.63) is 0 Å². The molecular formula is C4H11NO2Sn. The second-order valence-corrected chi connectivity index (χ2v) is 4.69. The Labute approximate surface area is 60.0 Å². The maximum absolute atomic E-state index is 5.20. The topological polar surface area (TPSA) is 30.5 Å². The molecule has 0 aliphatic carbocycles. The summed E-state index contributed by atoms with van der Waals surface area (Å²) in [5.41, 5.74) is 0. The molecule has 0 aromatic carbocycles. The SMILES string of the molecule is C1C[O][SnH2][O]CCN1. The first-order valence-corrected chi connectivity index (χ1v) is 6.16. The molecule has 0 radical (unpaired) electrons. The summed E-state index contributed by atoms with van der Waals surface area (Å²) in [6, 6.07) is 0. The van der Waals surface area contributed by atoms with Gasteiger partial charge in [-0.1, -0.05) is 0 Å². The van der Waals surface area contributed by atoms with Crippen molar-refractivity contribution in [1.29, 1.82) is 0 Å². The standard InChI is InChI=1S/C4H9NO2.Sn.2H/c6-3-1-5-2-4-7;;;/h5H,1-4H2;;;/q-2;+2;;. The van der Waals surface area contributed by atoms with E-state index in [0.29, 0.717) is 0 Å². The summed E-state index contributed by atoms with van der Waals surface area (Å²) < 4.78 is 10.4. The van der Waals surface area contributed by atoms with Crippen molar-refractivity contribution in [1.82, 2.24) is 5.32 Å². The monoisotopic (exact) mass is 225 g/mol. The molecule has 4 heteroatoms. The van der Waals surface area contributed by atoms with Crippen LogP contribution in [-0.2, 0) is 6.15 Å². The van der Waals surface area contributed by atoms with Crippen LogP contribution >= 0.6 is 0 Å². The van der Waals surface area contributed by atoms with Crippen LogP contribution in [0, 0.1) is 0 Å². The van der Waals surface area contributed by atoms with Gasteiger partial charge >= 0.3 is 59.7 Å². The van der Waals surface area contributed by atoms with E-state index in [-0.39, 0.29) is 0 Å². The Bertz CT molecular complexity index is 38.0. The number of rotatable bonds is 0. The Balaban J connectivity index is 2.00. The van der Waals surface area contributed by atoms with Crippen LogP contribution < -0.4 is 5.32 Å². The molecule has 0 atom stereocenters. The third-order valence-electron chi connectivity index (χ3n) is 1.01. The van der Waals surface area contributed by atoms with Gasteiger partial charge in [0, 0.05) is 0 Å². The Hall–Kier alpha value is 0.679. The summed E-state index contributed by atoms with van der Waals surface area (Å²) in [5, 5.41) is 3.17. The van der Waals surface area contributed by atoms with Gasteiger partial charge in [-0.3, -0.25) is 0 Å². The van der Waals surface area contributed by atoms with Gasteiger partial charge in [0.05, 0.1) is 0 Å². The molecule has 1 N–H and O–H groups in total. The molecule has 1 heterocycles. The Morgan fingerprint density at radius 3 is 2.38 bits per heavy atom. The van der Waals surface area contributed by atoms with Gasteiger partial charge in [-0.25, -0.2) is 0 Å². The summed E-state index contributed by atoms with van der Waals surface area (Å²) >= 11 is -1.13. The van der Waals surface area contributed by atoms with E-state index >= 15 is 0 Å². The number of nitrogens with one attached hydrogen (secondary N) is 1. The number of hydrogen-bond donors (Lipinski definition) is 1. The van der Waals surface area contributed by atoms with E-state index in [4.69, 9.17) is 6.15 Å². The van der Waals surface area contributed by atoms with Gasteiger partial charge in [0.2, 0.25) is 0 Å². The average Bonchev–Trinajstić information content (AvgIpc) is 1.62. The first-order chi connectivity index (χ1) is 4.00. The van der Waals surface area contributed by atoms with Gasteiger partial charge in [-0.05, 0) is 0 Å². The molecule has 1 saturated heterocycles. The molecule has 1 rings (SSSR count). The number of hydrogen-bond acceptors (Lipinski definition) is 3. The zero-order valence-corrected chi connectivity index (χ0v) is 8.89. The Kier molecular flexibility index (Phi) is 3.86. The van der Waals surface area contributed by atoms with E-state index in [9.17, 15) is 0 Å². The predicted molar refractivity (Wildman–Crippen MR) is 33.3 cm³/mol. The molecule has 0 unspecified atom stereocenters. The van der Waals surface area contributed by atoms with E-state index in [1.54, 1.807) is 0 Å². The van der Waals surface area contributed by atoms with Crippen LogP contribution in [0.1, 0.15) is 0 Å². The van der Waals surface area contributed by atoms with Crippen LogP contribution in [-0.4, -0.2) is 48.3 Å². The summed E-state index contributed by atoms with van der Waals surface area (Å²) in [6.45, 7) is 3.72. The van der Waals surface area contributed by atoms with Crippen LogP contribution in [0.5, 0.6) is 0 Å². The van der Waals surface area contributed by atoms with Crippen LogP contribution in [0.2, 0.25) is 0 Å². The molecule has 1 aliphatic heterocycles. The van der Waals surface area contributed by atoms with E-state index in [1.807, 2.05) is 0 Å². The third kappa shape index (κ3) is 2.86. The van der Waals surface area contributed by atoms with Crippen molar-refractivity contribution in [2.75, 3.05) is 26.3 Å². The van der Waals surface area contributed by atoms with Crippen molar-refractivity contribution in [2.24, 2.45) is 0 Å². The second kappa shape index (κ2) is 4.55. The van der Waals surface area contributed by atoms with Gasteiger partial charge in [0.1, 0.15) is 0 Å². The van der Waals surface area contributed by atoms with Crippen molar-refractivity contribution < 1.29 is 6.15 Å². The molecule has 0 spiro atoms. The van der Waals surface area contributed by atoms with Crippen molar-refractivity contribution in [3.63, 3.8) is 0 Å². The van der Waals surface area contributed by atoms with Gasteiger partial charge in [0.25, 0.3) is 0 Å². The molecular weight excluding hydrogens is 213 g/mol. The van der Waals surface area contributed by atoms with Crippen molar-refractivity contribution in [3.8, 4) is 0 Å². The second-order valence-electron chi connectivity index (χ2n) is 1.68. The zero-order chi connectivity index (χ0) is 5.66. The summed E-state index contributed by atoms with van der Waals surface area (Å²) in [5.74, 6) is 0. The van der Waals surface area contributed by atoms with Crippen LogP contribution in [0.25, 0.3) is 0 Å². The molecule has 3 nitrogen and oxygen atoms in total. The van der Waals surface area contributed by atoms with E-state index in [1.165, 1.54) is 0 Å². The Morgan fingerprint density at radius 1 is 1.12 bits per heavy atom. The van der Waals surface area contributed by atoms with Gasteiger partial charge in [0.15, 0.2) is 0 Å². The first kappa shape index (κ1) is 6.79. The normalized spacial score (nSPS) is 24.0. The van der Waals surface area contributed by atoms with E-state index < -0.39 is 22.0 Å². The average molecular weight is 224 g/mol. The molecule has 8 heavy (non-hydrogen) atoms. The van der Waals surface area contributed by atoms with Crippen LogP contribution in [0.4, 0.5) is 0 Å². The molecule has 1 aliphatic rings. The van der Waals surface area contributed by atoms with Crippen molar-refractivity contribution >= 4 is 22.0 Å². The van der Waals surface area contributed by atoms with E-state index in [2.05, 4.69) is 5.32 Å². The molecule has 0 bridgehead atoms. The fraction of sp³-hybridized carbons (Fsp3) is 1.00. The van der Waals surface area contributed by atoms with Crippen LogP contribution in [0.3, 0.4) is 0 Å². The van der Waals surface area contributed by atoms with Gasteiger partial charge < -0.3 is 0 Å². The van der Waals surface area contributed by atoms with E-state index in [0.717, 1.165) is 26.3 Å². The fourth-order valence-electron chi connectivity index (χ4n) is 0.590. The fourth-order valence-corrected chi connectivity index (χ4v) is 2.42. The summed E-state index contributed by atoms with van der Waals surface area (Å²) in [6.07, 6.45) is 0. The molecule has 1 fully saturated rings. The summed E-state index contributed by atoms with van der Waals surface area (Å²) in [7, 11) is 0. The molecule has 0 saturated carbocycles.